The van der Waals surface area contributed by atoms with E-state index in [9.17, 15) is 4.79 Å². The highest BCUT2D eigenvalue weighted by Gasteiger charge is 2.26. The molecule has 1 N–H and O–H groups in total. The fourth-order valence-corrected chi connectivity index (χ4v) is 3.58. The minimum Gasteiger partial charge on any atom is -0.482 e. The Kier molecular flexibility index (Phi) is 5.02. The SMILES string of the molecule is O=C1COc2ccc(-c3ccnc(Nc4ccccc4)c3)cc2N1Cc1cccnc1. The van der Waals surface area contributed by atoms with Gasteiger partial charge in [0.2, 0.25) is 0 Å². The number of anilines is 3. The minimum absolute atomic E-state index is 0.0347. The average molecular weight is 408 g/mol. The highest BCUT2D eigenvalue weighted by molar-refractivity contribution is 5.98. The van der Waals surface area contributed by atoms with Crippen molar-refractivity contribution in [3.8, 4) is 16.9 Å². The number of nitrogens with one attached hydrogen (secondary N) is 1. The van der Waals surface area contributed by atoms with Crippen LogP contribution < -0.4 is 15.0 Å². The van der Waals surface area contributed by atoms with E-state index in [1.807, 2.05) is 72.8 Å². The van der Waals surface area contributed by atoms with E-state index in [0.29, 0.717) is 12.3 Å². The van der Waals surface area contributed by atoms with Gasteiger partial charge in [0.25, 0.3) is 5.91 Å². The molecule has 1 aliphatic rings. The third-order valence-corrected chi connectivity index (χ3v) is 5.10. The van der Waals surface area contributed by atoms with Gasteiger partial charge < -0.3 is 15.0 Å². The molecule has 4 aromatic rings. The first-order chi connectivity index (χ1) is 15.3. The number of hydrogen-bond acceptors (Lipinski definition) is 5. The van der Waals surface area contributed by atoms with Crippen LogP contribution in [0.3, 0.4) is 0 Å². The summed E-state index contributed by atoms with van der Waals surface area (Å²) in [6, 6.07) is 23.6. The van der Waals surface area contributed by atoms with Gasteiger partial charge in [-0.2, -0.15) is 0 Å². The van der Waals surface area contributed by atoms with Crippen molar-refractivity contribution in [3.63, 3.8) is 0 Å². The lowest BCUT2D eigenvalue weighted by Crippen LogP contribution is -2.38. The largest absolute Gasteiger partial charge is 0.482 e. The average Bonchev–Trinajstić information content (AvgIpc) is 2.82. The lowest BCUT2D eigenvalue weighted by molar-refractivity contribution is -0.121. The van der Waals surface area contributed by atoms with Gasteiger partial charge in [-0.15, -0.1) is 0 Å². The molecule has 31 heavy (non-hydrogen) atoms. The predicted octanol–water partition coefficient (Wildman–Crippen LogP) is 4.81. The Bertz CT molecular complexity index is 1210. The third kappa shape index (κ3) is 4.09. The molecule has 1 aliphatic heterocycles. The molecule has 0 atom stereocenters. The fourth-order valence-electron chi connectivity index (χ4n) is 3.58. The van der Waals surface area contributed by atoms with Crippen LogP contribution in [0.4, 0.5) is 17.2 Å². The van der Waals surface area contributed by atoms with Crippen LogP contribution in [-0.2, 0) is 11.3 Å². The number of nitrogens with zero attached hydrogens (tertiary/aromatic N) is 3. The lowest BCUT2D eigenvalue weighted by atomic mass is 10.0. The Morgan fingerprint density at radius 3 is 2.65 bits per heavy atom. The van der Waals surface area contributed by atoms with Gasteiger partial charge in [-0.05, 0) is 59.2 Å². The van der Waals surface area contributed by atoms with Gasteiger partial charge in [-0.3, -0.25) is 9.78 Å². The molecule has 1 amide bonds. The number of hydrogen-bond donors (Lipinski definition) is 1. The number of amides is 1. The summed E-state index contributed by atoms with van der Waals surface area (Å²) in [7, 11) is 0. The molecular weight excluding hydrogens is 388 g/mol. The van der Waals surface area contributed by atoms with Crippen molar-refractivity contribution in [2.24, 2.45) is 0 Å². The second-order valence-electron chi connectivity index (χ2n) is 7.23. The summed E-state index contributed by atoms with van der Waals surface area (Å²) in [6.07, 6.45) is 5.27. The highest BCUT2D eigenvalue weighted by atomic mass is 16.5. The van der Waals surface area contributed by atoms with Crippen LogP contribution in [0.1, 0.15) is 5.56 Å². The molecule has 152 valence electrons. The Morgan fingerprint density at radius 2 is 1.81 bits per heavy atom. The highest BCUT2D eigenvalue weighted by Crippen LogP contribution is 2.37. The smallest absolute Gasteiger partial charge is 0.265 e. The molecule has 0 radical (unpaired) electrons. The number of fused-ring (bicyclic) bond motifs is 1. The third-order valence-electron chi connectivity index (χ3n) is 5.10. The summed E-state index contributed by atoms with van der Waals surface area (Å²) >= 11 is 0. The van der Waals surface area contributed by atoms with Crippen LogP contribution in [0.5, 0.6) is 5.75 Å². The van der Waals surface area contributed by atoms with Crippen molar-refractivity contribution in [3.05, 3.63) is 97.0 Å². The molecule has 6 heteroatoms. The number of pyridine rings is 2. The molecule has 6 nitrogen and oxygen atoms in total. The lowest BCUT2D eigenvalue weighted by Gasteiger charge is -2.30. The molecule has 3 heterocycles. The van der Waals surface area contributed by atoms with Gasteiger partial charge in [-0.25, -0.2) is 4.98 Å². The van der Waals surface area contributed by atoms with E-state index in [0.717, 1.165) is 33.9 Å². The van der Waals surface area contributed by atoms with Gasteiger partial charge in [0.1, 0.15) is 11.6 Å². The summed E-state index contributed by atoms with van der Waals surface area (Å²) in [5, 5.41) is 3.32. The van der Waals surface area contributed by atoms with E-state index in [1.165, 1.54) is 0 Å². The maximum absolute atomic E-state index is 12.6. The summed E-state index contributed by atoms with van der Waals surface area (Å²) in [6.45, 7) is 0.483. The zero-order valence-corrected chi connectivity index (χ0v) is 16.7. The molecule has 0 saturated carbocycles. The zero-order chi connectivity index (χ0) is 21.0. The van der Waals surface area contributed by atoms with Crippen LogP contribution in [0.25, 0.3) is 11.1 Å². The summed E-state index contributed by atoms with van der Waals surface area (Å²) < 4.78 is 5.67. The number of rotatable bonds is 5. The monoisotopic (exact) mass is 408 g/mol. The van der Waals surface area contributed by atoms with Crippen LogP contribution in [0.15, 0.2) is 91.4 Å². The van der Waals surface area contributed by atoms with Crippen molar-refractivity contribution >= 4 is 23.1 Å². The molecule has 0 fully saturated rings. The van der Waals surface area contributed by atoms with E-state index in [4.69, 9.17) is 4.74 Å². The van der Waals surface area contributed by atoms with E-state index < -0.39 is 0 Å². The number of ether oxygens (including phenoxy) is 1. The number of carbonyl (C=O) groups excluding carboxylic acids is 1. The molecule has 0 spiro atoms. The van der Waals surface area contributed by atoms with Gasteiger partial charge in [-0.1, -0.05) is 30.3 Å². The Hall–Kier alpha value is -4.19. The van der Waals surface area contributed by atoms with Crippen LogP contribution >= 0.6 is 0 Å². The van der Waals surface area contributed by atoms with Crippen molar-refractivity contribution in [2.45, 2.75) is 6.54 Å². The maximum Gasteiger partial charge on any atom is 0.265 e. The van der Waals surface area contributed by atoms with Gasteiger partial charge in [0.05, 0.1) is 12.2 Å². The Morgan fingerprint density at radius 1 is 0.935 bits per heavy atom. The molecule has 2 aromatic heterocycles. The first-order valence-corrected chi connectivity index (χ1v) is 10.0. The maximum atomic E-state index is 12.6. The second kappa shape index (κ2) is 8.28. The summed E-state index contributed by atoms with van der Waals surface area (Å²) in [4.78, 5) is 23.0. The Labute approximate surface area is 180 Å². The van der Waals surface area contributed by atoms with Crippen molar-refractivity contribution in [1.82, 2.24) is 9.97 Å². The fraction of sp³-hybridized carbons (Fsp3) is 0.0800. The normalized spacial score (nSPS) is 12.8. The molecule has 5 rings (SSSR count). The van der Waals surface area contributed by atoms with Gasteiger partial charge in [0, 0.05) is 24.3 Å². The van der Waals surface area contributed by atoms with Crippen molar-refractivity contribution in [2.75, 3.05) is 16.8 Å². The van der Waals surface area contributed by atoms with Crippen LogP contribution in [0, 0.1) is 0 Å². The molecular formula is C25H20N4O2. The minimum atomic E-state index is -0.0744. The topological polar surface area (TPSA) is 67.3 Å². The van der Waals surface area contributed by atoms with Crippen LogP contribution in [0.2, 0.25) is 0 Å². The van der Waals surface area contributed by atoms with E-state index >= 15 is 0 Å². The Balaban J connectivity index is 1.47. The van der Waals surface area contributed by atoms with Crippen LogP contribution in [-0.4, -0.2) is 22.5 Å². The van der Waals surface area contributed by atoms with Crippen molar-refractivity contribution in [1.29, 1.82) is 0 Å². The molecule has 0 aliphatic carbocycles. The first kappa shape index (κ1) is 18.8. The first-order valence-electron chi connectivity index (χ1n) is 10.0. The van der Waals surface area contributed by atoms with E-state index in [-0.39, 0.29) is 12.5 Å². The van der Waals surface area contributed by atoms with E-state index in [1.54, 1.807) is 23.5 Å². The predicted molar refractivity (Wildman–Crippen MR) is 120 cm³/mol. The number of carbonyl (C=O) groups is 1. The molecule has 0 saturated heterocycles. The quantitative estimate of drug-likeness (QED) is 0.513. The summed E-state index contributed by atoms with van der Waals surface area (Å²) in [5.41, 5.74) is 4.67. The number of para-hydroxylation sites is 1. The summed E-state index contributed by atoms with van der Waals surface area (Å²) in [5.74, 6) is 1.37. The standard InChI is InChI=1S/C25H20N4O2/c30-25-17-31-23-9-8-19(13-22(23)29(25)16-18-5-4-11-26-15-18)20-10-12-27-24(14-20)28-21-6-2-1-3-7-21/h1-15H,16-17H2,(H,27,28). The number of aromatic nitrogens is 2. The zero-order valence-electron chi connectivity index (χ0n) is 16.7. The van der Waals surface area contributed by atoms with Crippen molar-refractivity contribution < 1.29 is 9.53 Å². The molecule has 2 aromatic carbocycles. The van der Waals surface area contributed by atoms with Gasteiger partial charge in [0.15, 0.2) is 6.61 Å². The number of benzene rings is 2. The molecule has 0 bridgehead atoms. The second-order valence-corrected chi connectivity index (χ2v) is 7.23. The van der Waals surface area contributed by atoms with Gasteiger partial charge >= 0.3 is 0 Å². The van der Waals surface area contributed by atoms with E-state index in [2.05, 4.69) is 15.3 Å². The molecule has 0 unspecified atom stereocenters.